The minimum atomic E-state index is -0.905. The van der Waals surface area contributed by atoms with Crippen LogP contribution in [0.4, 0.5) is 21.0 Å². The van der Waals surface area contributed by atoms with Crippen molar-refractivity contribution in [1.29, 1.82) is 0 Å². The summed E-state index contributed by atoms with van der Waals surface area (Å²) in [6.07, 6.45) is 6.58. The number of carbonyl (C=O) groups excluding carboxylic acids is 5. The molecule has 0 saturated carbocycles. The minimum absolute atomic E-state index is 0.00745. The number of hydrogen-bond donors (Lipinski definition) is 2. The van der Waals surface area contributed by atoms with Crippen LogP contribution < -0.4 is 19.7 Å². The number of ether oxygens (including phenoxy) is 6. The van der Waals surface area contributed by atoms with Crippen molar-refractivity contribution in [1.82, 2.24) is 9.80 Å². The molecule has 0 aliphatic carbocycles. The Bertz CT molecular complexity index is 2660. The van der Waals surface area contributed by atoms with Crippen molar-refractivity contribution in [2.24, 2.45) is 0 Å². The highest BCUT2D eigenvalue weighted by Gasteiger charge is 2.36. The van der Waals surface area contributed by atoms with Crippen LogP contribution in [0.25, 0.3) is 11.1 Å². The van der Waals surface area contributed by atoms with Gasteiger partial charge in [-0.1, -0.05) is 55.6 Å². The van der Waals surface area contributed by atoms with Crippen molar-refractivity contribution in [3.8, 4) is 11.5 Å². The highest BCUT2D eigenvalue weighted by molar-refractivity contribution is 6.04. The third kappa shape index (κ3) is 12.8. The maximum atomic E-state index is 13.6. The zero-order valence-electron chi connectivity index (χ0n) is 40.5. The summed E-state index contributed by atoms with van der Waals surface area (Å²) in [4.78, 5) is 67.9. The van der Waals surface area contributed by atoms with E-state index in [4.69, 9.17) is 28.4 Å². The van der Waals surface area contributed by atoms with Gasteiger partial charge < -0.3 is 43.3 Å². The van der Waals surface area contributed by atoms with Crippen LogP contribution in [-0.4, -0.2) is 111 Å². The van der Waals surface area contributed by atoms with E-state index in [-0.39, 0.29) is 43.0 Å². The number of carbonyl (C=O) groups is 5. The molecule has 0 spiro atoms. The Hall–Kier alpha value is -7.85. The zero-order chi connectivity index (χ0) is 50.5. The van der Waals surface area contributed by atoms with Crippen LogP contribution in [0.15, 0.2) is 111 Å². The van der Waals surface area contributed by atoms with E-state index in [1.807, 2.05) is 63.2 Å². The number of rotatable bonds is 15. The first-order valence-corrected chi connectivity index (χ1v) is 22.7. The lowest BCUT2D eigenvalue weighted by Crippen LogP contribution is -2.41. The maximum absolute atomic E-state index is 13.6. The molecule has 4 aromatic carbocycles. The van der Waals surface area contributed by atoms with Gasteiger partial charge in [-0.15, -0.1) is 0 Å². The lowest BCUT2D eigenvalue weighted by molar-refractivity contribution is -0.146. The highest BCUT2D eigenvalue weighted by atomic mass is 16.6. The number of aryl methyl sites for hydroxylation is 4. The predicted molar refractivity (Wildman–Crippen MR) is 265 cm³/mol. The van der Waals surface area contributed by atoms with Crippen LogP contribution in [0.3, 0.4) is 0 Å². The zero-order valence-corrected chi connectivity index (χ0v) is 40.5. The molecule has 3 aliphatic heterocycles. The van der Waals surface area contributed by atoms with Gasteiger partial charge in [-0.05, 0) is 133 Å². The SMILES string of the molecule is C=CCOC(=O)COC(=O)N1C[C@@H]2CC(c3ccc(OC)cc3)=CN2Cc2cc(C)c(C)cc21.C=CCOC(=O)COC(=O)Nc1cc(C)c(C)cc1C(=O)N1C=C(c2ccc(OC)cc2)C[C@H]1CO. The largest absolute Gasteiger partial charge is 0.497 e. The molecular formula is C54H60N4O12. The molecule has 3 amide bonds. The normalized spacial score (nSPS) is 15.6. The maximum Gasteiger partial charge on any atom is 0.414 e. The van der Waals surface area contributed by atoms with Crippen LogP contribution >= 0.6 is 0 Å². The van der Waals surface area contributed by atoms with Crippen molar-refractivity contribution in [3.63, 3.8) is 0 Å². The Morgan fingerprint density at radius 1 is 0.700 bits per heavy atom. The number of fused-ring (bicyclic) bond motifs is 2. The lowest BCUT2D eigenvalue weighted by Gasteiger charge is -2.26. The molecule has 0 saturated heterocycles. The Balaban J connectivity index is 0.000000230. The number of aliphatic hydroxyl groups is 1. The summed E-state index contributed by atoms with van der Waals surface area (Å²) in [5, 5.41) is 12.5. The highest BCUT2D eigenvalue weighted by Crippen LogP contribution is 2.38. The molecule has 0 aromatic heterocycles. The van der Waals surface area contributed by atoms with Gasteiger partial charge in [0.2, 0.25) is 0 Å². The van der Waals surface area contributed by atoms with Gasteiger partial charge in [-0.25, -0.2) is 19.2 Å². The van der Waals surface area contributed by atoms with Gasteiger partial charge in [0.25, 0.3) is 5.91 Å². The Morgan fingerprint density at radius 3 is 1.81 bits per heavy atom. The van der Waals surface area contributed by atoms with E-state index < -0.39 is 43.4 Å². The summed E-state index contributed by atoms with van der Waals surface area (Å²) in [5.74, 6) is -0.177. The van der Waals surface area contributed by atoms with Gasteiger partial charge in [0.05, 0.1) is 49.8 Å². The van der Waals surface area contributed by atoms with Crippen LogP contribution in [0.2, 0.25) is 0 Å². The van der Waals surface area contributed by atoms with Crippen molar-refractivity contribution in [2.75, 3.05) is 64.0 Å². The van der Waals surface area contributed by atoms with E-state index in [0.29, 0.717) is 19.5 Å². The molecule has 3 heterocycles. The number of amides is 3. The van der Waals surface area contributed by atoms with Crippen LogP contribution in [0.1, 0.15) is 62.1 Å². The number of aliphatic hydroxyl groups excluding tert-OH is 1. The quantitative estimate of drug-likeness (QED) is 0.0659. The second-order valence-corrected chi connectivity index (χ2v) is 16.9. The number of nitrogens with one attached hydrogen (secondary N) is 1. The molecule has 16 heteroatoms. The number of benzene rings is 4. The molecule has 368 valence electrons. The molecule has 3 aliphatic rings. The Morgan fingerprint density at radius 2 is 1.24 bits per heavy atom. The van der Waals surface area contributed by atoms with E-state index in [1.54, 1.807) is 37.5 Å². The standard InChI is InChI=1S/C27H30N2O7.C27H30N2O5/c1-5-10-35-25(31)16-36-27(33)28-24-12-18(3)17(2)11-23(24)26(32)29-14-20(13-21(29)15-30)19-6-8-22(34-4)9-7-19;1-5-10-33-26(30)17-34-27(31)29-16-23-13-21(20-6-8-24(32-4)9-7-20)14-28(23)15-22-11-18(2)19(3)12-25(22)29/h5-9,11-12,14,21,30H,1,10,13,15-16H2,2-4H3,(H,28,33);5-9,11-12,14,23H,1,10,13,15-17H2,2-4H3/t21-;23-/m00/s1. The van der Waals surface area contributed by atoms with Crippen molar-refractivity contribution < 1.29 is 57.5 Å². The van der Waals surface area contributed by atoms with Gasteiger partial charge in [0.15, 0.2) is 13.2 Å². The van der Waals surface area contributed by atoms with Crippen molar-refractivity contribution >= 4 is 52.6 Å². The van der Waals surface area contributed by atoms with Crippen molar-refractivity contribution in [2.45, 2.75) is 59.2 Å². The summed E-state index contributed by atoms with van der Waals surface area (Å²) in [6.45, 7) is 14.7. The fourth-order valence-electron chi connectivity index (χ4n) is 8.13. The minimum Gasteiger partial charge on any atom is -0.497 e. The van der Waals surface area contributed by atoms with Gasteiger partial charge >= 0.3 is 24.1 Å². The molecule has 4 aromatic rings. The topological polar surface area (TPSA) is 183 Å². The van der Waals surface area contributed by atoms with Gasteiger partial charge in [0, 0.05) is 25.5 Å². The Labute approximate surface area is 408 Å². The third-order valence-electron chi connectivity index (χ3n) is 12.2. The van der Waals surface area contributed by atoms with Crippen molar-refractivity contribution in [3.05, 3.63) is 155 Å². The second kappa shape index (κ2) is 23.9. The molecule has 7 rings (SSSR count). The average molecular weight is 957 g/mol. The summed E-state index contributed by atoms with van der Waals surface area (Å²) in [5.41, 5.74) is 10.4. The third-order valence-corrected chi connectivity index (χ3v) is 12.2. The second-order valence-electron chi connectivity index (χ2n) is 16.9. The van der Waals surface area contributed by atoms with E-state index in [2.05, 4.69) is 54.7 Å². The summed E-state index contributed by atoms with van der Waals surface area (Å²) in [6, 6.07) is 22.6. The summed E-state index contributed by atoms with van der Waals surface area (Å²) in [7, 11) is 3.24. The lowest BCUT2D eigenvalue weighted by atomic mass is 10.0. The first-order chi connectivity index (χ1) is 33.7. The number of hydrogen-bond acceptors (Lipinski definition) is 13. The summed E-state index contributed by atoms with van der Waals surface area (Å²) < 4.78 is 30.5. The van der Waals surface area contributed by atoms with E-state index >= 15 is 0 Å². The fourth-order valence-corrected chi connectivity index (χ4v) is 8.13. The van der Waals surface area contributed by atoms with E-state index in [9.17, 15) is 29.1 Å². The molecule has 2 atom stereocenters. The molecule has 0 unspecified atom stereocenters. The number of methoxy groups -OCH3 is 2. The van der Waals surface area contributed by atoms with Crippen LogP contribution in [0, 0.1) is 27.7 Å². The fraction of sp³-hybridized carbons (Fsp3) is 0.315. The number of esters is 2. The van der Waals surface area contributed by atoms with Gasteiger partial charge in [0.1, 0.15) is 24.7 Å². The van der Waals surface area contributed by atoms with Crippen LogP contribution in [0.5, 0.6) is 11.5 Å². The van der Waals surface area contributed by atoms with E-state index in [1.165, 1.54) is 22.6 Å². The number of anilines is 2. The van der Waals surface area contributed by atoms with Gasteiger partial charge in [-0.3, -0.25) is 15.0 Å². The van der Waals surface area contributed by atoms with Crippen LogP contribution in [-0.2, 0) is 35.1 Å². The first kappa shape index (κ1) is 51.5. The smallest absolute Gasteiger partial charge is 0.414 e. The molecule has 0 radical (unpaired) electrons. The monoisotopic (exact) mass is 956 g/mol. The molecule has 70 heavy (non-hydrogen) atoms. The van der Waals surface area contributed by atoms with Gasteiger partial charge in [-0.2, -0.15) is 0 Å². The first-order valence-electron chi connectivity index (χ1n) is 22.7. The molecule has 2 N–H and O–H groups in total. The number of nitrogens with zero attached hydrogens (tertiary/aromatic N) is 3. The average Bonchev–Trinajstić information content (AvgIpc) is 3.96. The summed E-state index contributed by atoms with van der Waals surface area (Å²) >= 11 is 0. The molecule has 0 fully saturated rings. The molecule has 16 nitrogen and oxygen atoms in total. The molecule has 0 bridgehead atoms. The molecular weight excluding hydrogens is 897 g/mol. The van der Waals surface area contributed by atoms with E-state index in [0.717, 1.165) is 68.1 Å². The Kier molecular flexibility index (Phi) is 17.6. The predicted octanol–water partition coefficient (Wildman–Crippen LogP) is 8.45.